The van der Waals surface area contributed by atoms with E-state index >= 15 is 0 Å². The van der Waals surface area contributed by atoms with Crippen molar-refractivity contribution in [2.24, 2.45) is 0 Å². The summed E-state index contributed by atoms with van der Waals surface area (Å²) in [5.74, 6) is 0. The van der Waals surface area contributed by atoms with E-state index in [4.69, 9.17) is 0 Å². The predicted octanol–water partition coefficient (Wildman–Crippen LogP) is 2.93. The highest BCUT2D eigenvalue weighted by Gasteiger charge is 2.11. The maximum Gasteiger partial charge on any atom is 0.0723 e. The van der Waals surface area contributed by atoms with Crippen molar-refractivity contribution >= 4 is 16.6 Å². The molecular formula is C14H19N3. The number of para-hydroxylation sites is 1. The van der Waals surface area contributed by atoms with Gasteiger partial charge in [-0.3, -0.25) is 4.98 Å². The first-order valence-electron chi connectivity index (χ1n) is 6.10. The van der Waals surface area contributed by atoms with Gasteiger partial charge in [-0.15, -0.1) is 0 Å². The fraction of sp³-hybridized carbons (Fsp3) is 0.357. The van der Waals surface area contributed by atoms with Crippen LogP contribution in [0.25, 0.3) is 10.9 Å². The van der Waals surface area contributed by atoms with Crippen LogP contribution >= 0.6 is 0 Å². The highest BCUT2D eigenvalue weighted by atomic mass is 15.6. The summed E-state index contributed by atoms with van der Waals surface area (Å²) in [6.45, 7) is 6.35. The van der Waals surface area contributed by atoms with Crippen LogP contribution in [0.3, 0.4) is 0 Å². The molecule has 0 saturated heterocycles. The Morgan fingerprint density at radius 3 is 2.47 bits per heavy atom. The number of rotatable bonds is 4. The van der Waals surface area contributed by atoms with Crippen molar-refractivity contribution in [1.29, 1.82) is 0 Å². The second-order valence-corrected chi connectivity index (χ2v) is 4.01. The van der Waals surface area contributed by atoms with Crippen LogP contribution in [0.15, 0.2) is 36.5 Å². The van der Waals surface area contributed by atoms with Crippen molar-refractivity contribution in [2.45, 2.75) is 13.8 Å². The quantitative estimate of drug-likeness (QED) is 0.751. The van der Waals surface area contributed by atoms with Crippen LogP contribution in [-0.2, 0) is 0 Å². The second-order valence-electron chi connectivity index (χ2n) is 4.01. The Balaban J connectivity index is 2.47. The van der Waals surface area contributed by atoms with Gasteiger partial charge in [0, 0.05) is 31.7 Å². The zero-order valence-corrected chi connectivity index (χ0v) is 10.7. The first-order valence-corrected chi connectivity index (χ1v) is 6.10. The van der Waals surface area contributed by atoms with Gasteiger partial charge < -0.3 is 5.01 Å². The van der Waals surface area contributed by atoms with E-state index in [9.17, 15) is 0 Å². The number of hydrazine groups is 1. The molecule has 0 fully saturated rings. The van der Waals surface area contributed by atoms with Gasteiger partial charge >= 0.3 is 0 Å². The van der Waals surface area contributed by atoms with Crippen molar-refractivity contribution in [3.8, 4) is 0 Å². The standard InChI is InChI=1S/C14H19N3/c1-4-17(5-2)16(3)14-10-11-15-13-9-7-6-8-12(13)14/h6-11H,4-5H2,1-3H3. The second kappa shape index (κ2) is 5.15. The molecular weight excluding hydrogens is 210 g/mol. The number of anilines is 1. The molecule has 0 bridgehead atoms. The van der Waals surface area contributed by atoms with Crippen LogP contribution in [0.5, 0.6) is 0 Å². The molecule has 0 N–H and O–H groups in total. The van der Waals surface area contributed by atoms with Crippen molar-refractivity contribution < 1.29 is 0 Å². The summed E-state index contributed by atoms with van der Waals surface area (Å²) in [4.78, 5) is 4.39. The maximum atomic E-state index is 4.39. The molecule has 0 radical (unpaired) electrons. The molecule has 0 aliphatic heterocycles. The lowest BCUT2D eigenvalue weighted by atomic mass is 10.2. The van der Waals surface area contributed by atoms with E-state index in [2.05, 4.69) is 60.2 Å². The summed E-state index contributed by atoms with van der Waals surface area (Å²) in [6, 6.07) is 10.3. The average molecular weight is 229 g/mol. The molecule has 0 atom stereocenters. The number of benzene rings is 1. The molecule has 3 nitrogen and oxygen atoms in total. The van der Waals surface area contributed by atoms with Gasteiger partial charge in [0.25, 0.3) is 0 Å². The summed E-state index contributed by atoms with van der Waals surface area (Å²) < 4.78 is 0. The lowest BCUT2D eigenvalue weighted by molar-refractivity contribution is 0.294. The van der Waals surface area contributed by atoms with Crippen molar-refractivity contribution in [1.82, 2.24) is 9.99 Å². The molecule has 3 heteroatoms. The highest BCUT2D eigenvalue weighted by Crippen LogP contribution is 2.24. The number of fused-ring (bicyclic) bond motifs is 1. The smallest absolute Gasteiger partial charge is 0.0723 e. The molecule has 2 rings (SSSR count). The largest absolute Gasteiger partial charge is 0.308 e. The molecule has 0 spiro atoms. The topological polar surface area (TPSA) is 19.4 Å². The van der Waals surface area contributed by atoms with Gasteiger partial charge in [-0.05, 0) is 12.1 Å². The monoisotopic (exact) mass is 229 g/mol. The van der Waals surface area contributed by atoms with Gasteiger partial charge in [0.1, 0.15) is 0 Å². The lowest BCUT2D eigenvalue weighted by Crippen LogP contribution is -2.39. The summed E-state index contributed by atoms with van der Waals surface area (Å²) in [5.41, 5.74) is 2.25. The SMILES string of the molecule is CCN(CC)N(C)c1ccnc2ccccc12. The van der Waals surface area contributed by atoms with E-state index in [1.807, 2.05) is 12.3 Å². The minimum Gasteiger partial charge on any atom is -0.308 e. The summed E-state index contributed by atoms with van der Waals surface area (Å²) >= 11 is 0. The molecule has 0 unspecified atom stereocenters. The van der Waals surface area contributed by atoms with Crippen molar-refractivity contribution in [3.05, 3.63) is 36.5 Å². The van der Waals surface area contributed by atoms with E-state index in [1.165, 1.54) is 11.1 Å². The van der Waals surface area contributed by atoms with Crippen LogP contribution in [0.4, 0.5) is 5.69 Å². The van der Waals surface area contributed by atoms with Crippen LogP contribution in [0.2, 0.25) is 0 Å². The minimum atomic E-state index is 1.00. The van der Waals surface area contributed by atoms with Gasteiger partial charge in [0.2, 0.25) is 0 Å². The van der Waals surface area contributed by atoms with E-state index in [-0.39, 0.29) is 0 Å². The normalized spacial score (nSPS) is 11.1. The third-order valence-electron chi connectivity index (χ3n) is 3.13. The Kier molecular flexibility index (Phi) is 3.59. The number of hydrogen-bond acceptors (Lipinski definition) is 3. The maximum absolute atomic E-state index is 4.39. The number of pyridine rings is 1. The highest BCUT2D eigenvalue weighted by molar-refractivity contribution is 5.91. The first-order chi connectivity index (χ1) is 8.27. The Bertz CT molecular complexity index is 486. The molecule has 90 valence electrons. The van der Waals surface area contributed by atoms with Gasteiger partial charge in [-0.25, -0.2) is 5.01 Å². The van der Waals surface area contributed by atoms with Gasteiger partial charge in [0.05, 0.1) is 11.2 Å². The van der Waals surface area contributed by atoms with Gasteiger partial charge in [0.15, 0.2) is 0 Å². The average Bonchev–Trinajstić information content (AvgIpc) is 2.39. The van der Waals surface area contributed by atoms with E-state index < -0.39 is 0 Å². The molecule has 2 aromatic rings. The summed E-state index contributed by atoms with van der Waals surface area (Å²) in [5, 5.41) is 5.70. The van der Waals surface area contributed by atoms with E-state index in [0.29, 0.717) is 0 Å². The Morgan fingerprint density at radius 2 is 1.76 bits per heavy atom. The van der Waals surface area contributed by atoms with Crippen molar-refractivity contribution in [2.75, 3.05) is 25.1 Å². The Morgan fingerprint density at radius 1 is 1.06 bits per heavy atom. The van der Waals surface area contributed by atoms with Crippen molar-refractivity contribution in [3.63, 3.8) is 0 Å². The first kappa shape index (κ1) is 11.9. The zero-order valence-electron chi connectivity index (χ0n) is 10.7. The Hall–Kier alpha value is -1.61. The summed E-state index contributed by atoms with van der Waals surface area (Å²) in [6.07, 6.45) is 1.87. The molecule has 0 saturated carbocycles. The minimum absolute atomic E-state index is 1.00. The molecule has 17 heavy (non-hydrogen) atoms. The molecule has 0 aliphatic carbocycles. The van der Waals surface area contributed by atoms with Crippen LogP contribution in [0.1, 0.15) is 13.8 Å². The summed E-state index contributed by atoms with van der Waals surface area (Å²) in [7, 11) is 2.11. The fourth-order valence-corrected chi connectivity index (χ4v) is 2.16. The molecule has 0 amide bonds. The molecule has 1 heterocycles. The van der Waals surface area contributed by atoms with Gasteiger partial charge in [-0.1, -0.05) is 32.0 Å². The van der Waals surface area contributed by atoms with Crippen LogP contribution in [-0.4, -0.2) is 30.1 Å². The van der Waals surface area contributed by atoms with Crippen LogP contribution in [0, 0.1) is 0 Å². The zero-order chi connectivity index (χ0) is 12.3. The molecule has 1 aromatic carbocycles. The van der Waals surface area contributed by atoms with E-state index in [1.54, 1.807) is 0 Å². The third-order valence-corrected chi connectivity index (χ3v) is 3.13. The predicted molar refractivity (Wildman–Crippen MR) is 73.1 cm³/mol. The lowest BCUT2D eigenvalue weighted by Gasteiger charge is -2.32. The van der Waals surface area contributed by atoms with Gasteiger partial charge in [-0.2, -0.15) is 0 Å². The number of hydrogen-bond donors (Lipinski definition) is 0. The third kappa shape index (κ3) is 2.24. The number of aromatic nitrogens is 1. The Labute approximate surface area is 103 Å². The van der Waals surface area contributed by atoms with Crippen LogP contribution < -0.4 is 5.01 Å². The van der Waals surface area contributed by atoms with E-state index in [0.717, 1.165) is 18.6 Å². The number of nitrogens with zero attached hydrogens (tertiary/aromatic N) is 3. The fourth-order valence-electron chi connectivity index (χ4n) is 2.16. The molecule has 1 aromatic heterocycles. The molecule has 0 aliphatic rings.